The van der Waals surface area contributed by atoms with Crippen molar-refractivity contribution in [1.29, 1.82) is 0 Å². The number of aromatic nitrogens is 1. The first-order valence-electron chi connectivity index (χ1n) is 7.26. The Morgan fingerprint density at radius 2 is 2.00 bits per heavy atom. The lowest BCUT2D eigenvalue weighted by Crippen LogP contribution is -2.38. The molecule has 0 spiro atoms. The normalized spacial score (nSPS) is 16.4. The van der Waals surface area contributed by atoms with Gasteiger partial charge in [0.2, 0.25) is 0 Å². The summed E-state index contributed by atoms with van der Waals surface area (Å²) >= 11 is 1.73. The van der Waals surface area contributed by atoms with Crippen LogP contribution in [0.25, 0.3) is 0 Å². The van der Waals surface area contributed by atoms with Crippen LogP contribution in [0.3, 0.4) is 0 Å². The van der Waals surface area contributed by atoms with Gasteiger partial charge in [0.25, 0.3) is 0 Å². The number of nitrogens with one attached hydrogen (secondary N) is 1. The fourth-order valence-corrected chi connectivity index (χ4v) is 3.35. The van der Waals surface area contributed by atoms with Gasteiger partial charge in [-0.3, -0.25) is 0 Å². The number of rotatable bonds is 4. The molecule has 0 aliphatic carbocycles. The summed E-state index contributed by atoms with van der Waals surface area (Å²) in [6, 6.07) is 7.20. The van der Waals surface area contributed by atoms with Crippen molar-refractivity contribution < 1.29 is 17.9 Å². The second-order valence-corrected chi connectivity index (χ2v) is 6.21. The number of hydrogen-bond donors (Lipinski definition) is 1. The van der Waals surface area contributed by atoms with Gasteiger partial charge in [0.15, 0.2) is 0 Å². The molecule has 4 nitrogen and oxygen atoms in total. The fraction of sp³-hybridized carbons (Fsp3) is 0.400. The molecule has 3 heterocycles. The Kier molecular flexibility index (Phi) is 4.61. The van der Waals surface area contributed by atoms with Crippen LogP contribution in [-0.2, 0) is 0 Å². The van der Waals surface area contributed by atoms with Gasteiger partial charge >= 0.3 is 6.36 Å². The summed E-state index contributed by atoms with van der Waals surface area (Å²) in [6.07, 6.45) is -1.69. The molecular weight excluding hydrogens is 327 g/mol. The number of pyridine rings is 1. The van der Waals surface area contributed by atoms with Crippen molar-refractivity contribution in [3.63, 3.8) is 0 Å². The van der Waals surface area contributed by atoms with Crippen LogP contribution >= 0.6 is 11.3 Å². The van der Waals surface area contributed by atoms with Crippen LogP contribution in [0.5, 0.6) is 5.75 Å². The third-order valence-electron chi connectivity index (χ3n) is 3.63. The molecular formula is C15H16F3N3OS. The van der Waals surface area contributed by atoms with E-state index < -0.39 is 6.36 Å². The third kappa shape index (κ3) is 4.51. The topological polar surface area (TPSA) is 37.4 Å². The molecule has 0 atom stereocenters. The van der Waals surface area contributed by atoms with Crippen molar-refractivity contribution in [1.82, 2.24) is 4.98 Å². The van der Waals surface area contributed by atoms with Gasteiger partial charge in [-0.1, -0.05) is 0 Å². The fourth-order valence-electron chi connectivity index (χ4n) is 2.56. The van der Waals surface area contributed by atoms with Crippen molar-refractivity contribution in [3.05, 3.63) is 35.8 Å². The van der Waals surface area contributed by atoms with Gasteiger partial charge in [0, 0.05) is 19.1 Å². The summed E-state index contributed by atoms with van der Waals surface area (Å²) < 4.78 is 40.1. The number of halogens is 3. The maximum Gasteiger partial charge on any atom is 0.573 e. The molecule has 1 N–H and O–H groups in total. The van der Waals surface area contributed by atoms with Crippen LogP contribution in [0.15, 0.2) is 35.8 Å². The number of hydrogen-bond acceptors (Lipinski definition) is 5. The minimum Gasteiger partial charge on any atom is -0.404 e. The number of anilines is 2. The molecule has 124 valence electrons. The predicted molar refractivity (Wildman–Crippen MR) is 84.1 cm³/mol. The highest BCUT2D eigenvalue weighted by molar-refractivity contribution is 7.14. The zero-order valence-corrected chi connectivity index (χ0v) is 13.0. The van der Waals surface area contributed by atoms with Gasteiger partial charge in [-0.15, -0.1) is 24.5 Å². The number of alkyl halides is 3. The van der Waals surface area contributed by atoms with Crippen LogP contribution in [0.2, 0.25) is 0 Å². The molecule has 0 unspecified atom stereocenters. The second-order valence-electron chi connectivity index (χ2n) is 5.28. The molecule has 2 aromatic heterocycles. The smallest absolute Gasteiger partial charge is 0.404 e. The highest BCUT2D eigenvalue weighted by Crippen LogP contribution is 2.26. The van der Waals surface area contributed by atoms with Crippen molar-refractivity contribution in [2.24, 2.45) is 0 Å². The molecule has 23 heavy (non-hydrogen) atoms. The van der Waals surface area contributed by atoms with Crippen LogP contribution in [0, 0.1) is 0 Å². The van der Waals surface area contributed by atoms with Gasteiger partial charge in [-0.05, 0) is 42.5 Å². The van der Waals surface area contributed by atoms with E-state index in [1.807, 2.05) is 6.07 Å². The lowest BCUT2D eigenvalue weighted by atomic mass is 10.1. The zero-order valence-electron chi connectivity index (χ0n) is 12.2. The first kappa shape index (κ1) is 15.9. The van der Waals surface area contributed by atoms with Gasteiger partial charge in [-0.2, -0.15) is 0 Å². The molecule has 0 radical (unpaired) electrons. The van der Waals surface area contributed by atoms with E-state index in [4.69, 9.17) is 0 Å². The molecule has 1 aliphatic rings. The molecule has 8 heteroatoms. The lowest BCUT2D eigenvalue weighted by molar-refractivity contribution is -0.274. The number of nitrogens with zero attached hydrogens (tertiary/aromatic N) is 2. The molecule has 0 saturated carbocycles. The average Bonchev–Trinajstić information content (AvgIpc) is 3.03. The van der Waals surface area contributed by atoms with Gasteiger partial charge < -0.3 is 15.0 Å². The Labute approximate surface area is 135 Å². The summed E-state index contributed by atoms with van der Waals surface area (Å²) in [4.78, 5) is 6.32. The van der Waals surface area contributed by atoms with Crippen molar-refractivity contribution in [2.75, 3.05) is 23.3 Å². The molecule has 2 aromatic rings. The van der Waals surface area contributed by atoms with Crippen LogP contribution < -0.4 is 15.0 Å². The maximum absolute atomic E-state index is 12.1. The second kappa shape index (κ2) is 6.66. The quantitative estimate of drug-likeness (QED) is 0.906. The predicted octanol–water partition coefficient (Wildman–Crippen LogP) is 4.12. The third-order valence-corrected chi connectivity index (χ3v) is 4.56. The Balaban J connectivity index is 1.50. The summed E-state index contributed by atoms with van der Waals surface area (Å²) in [5.41, 5.74) is 0. The van der Waals surface area contributed by atoms with Crippen molar-refractivity contribution >= 4 is 22.2 Å². The summed E-state index contributed by atoms with van der Waals surface area (Å²) in [5.74, 6) is 0.254. The number of piperidine rings is 1. The molecule has 0 amide bonds. The monoisotopic (exact) mass is 343 g/mol. The van der Waals surface area contributed by atoms with E-state index >= 15 is 0 Å². The average molecular weight is 343 g/mol. The SMILES string of the molecule is FC(F)(F)Oc1ccc(NC2CCN(c3cccs3)CC2)nc1. The zero-order chi connectivity index (χ0) is 16.3. The molecule has 1 saturated heterocycles. The minimum atomic E-state index is -4.69. The largest absolute Gasteiger partial charge is 0.573 e. The minimum absolute atomic E-state index is 0.271. The number of ether oxygens (including phenoxy) is 1. The van der Waals surface area contributed by atoms with Crippen LogP contribution in [0.1, 0.15) is 12.8 Å². The molecule has 0 bridgehead atoms. The van der Waals surface area contributed by atoms with E-state index in [2.05, 4.69) is 31.4 Å². The Bertz CT molecular complexity index is 608. The van der Waals surface area contributed by atoms with E-state index in [0.29, 0.717) is 5.82 Å². The van der Waals surface area contributed by atoms with E-state index in [0.717, 1.165) is 32.1 Å². The Morgan fingerprint density at radius 3 is 2.57 bits per heavy atom. The highest BCUT2D eigenvalue weighted by atomic mass is 32.1. The van der Waals surface area contributed by atoms with E-state index in [9.17, 15) is 13.2 Å². The van der Waals surface area contributed by atoms with Gasteiger partial charge in [0.1, 0.15) is 11.6 Å². The van der Waals surface area contributed by atoms with E-state index in [1.54, 1.807) is 11.3 Å². The Morgan fingerprint density at radius 1 is 1.22 bits per heavy atom. The van der Waals surface area contributed by atoms with Gasteiger partial charge in [0.05, 0.1) is 11.2 Å². The van der Waals surface area contributed by atoms with E-state index in [-0.39, 0.29) is 11.8 Å². The molecule has 1 fully saturated rings. The summed E-state index contributed by atoms with van der Waals surface area (Å²) in [7, 11) is 0. The summed E-state index contributed by atoms with van der Waals surface area (Å²) in [6.45, 7) is 1.90. The number of thiophene rings is 1. The highest BCUT2D eigenvalue weighted by Gasteiger charge is 2.31. The lowest BCUT2D eigenvalue weighted by Gasteiger charge is -2.33. The van der Waals surface area contributed by atoms with Crippen molar-refractivity contribution in [3.8, 4) is 5.75 Å². The van der Waals surface area contributed by atoms with Crippen molar-refractivity contribution in [2.45, 2.75) is 25.2 Å². The van der Waals surface area contributed by atoms with Crippen LogP contribution in [0.4, 0.5) is 24.0 Å². The molecule has 3 rings (SSSR count). The first-order valence-corrected chi connectivity index (χ1v) is 8.14. The van der Waals surface area contributed by atoms with Gasteiger partial charge in [-0.25, -0.2) is 4.98 Å². The first-order chi connectivity index (χ1) is 11.0. The van der Waals surface area contributed by atoms with E-state index in [1.165, 1.54) is 17.1 Å². The van der Waals surface area contributed by atoms with Crippen LogP contribution in [-0.4, -0.2) is 30.5 Å². The Hall–Kier alpha value is -1.96. The molecule has 1 aliphatic heterocycles. The molecule has 0 aromatic carbocycles. The maximum atomic E-state index is 12.1. The summed E-state index contributed by atoms with van der Waals surface area (Å²) in [5, 5.41) is 6.60. The standard InChI is InChI=1S/C15H16F3N3OS/c16-15(17,18)22-12-3-4-13(19-10-12)20-11-5-7-21(8-6-11)14-2-1-9-23-14/h1-4,9-11H,5-8H2,(H,19,20).